The van der Waals surface area contributed by atoms with Crippen LogP contribution in [-0.4, -0.2) is 5.91 Å². The van der Waals surface area contributed by atoms with Gasteiger partial charge in [0.25, 0.3) is 5.91 Å². The van der Waals surface area contributed by atoms with Crippen LogP contribution in [0.1, 0.15) is 32.3 Å². The van der Waals surface area contributed by atoms with E-state index in [0.717, 1.165) is 5.69 Å². The van der Waals surface area contributed by atoms with Gasteiger partial charge in [0.1, 0.15) is 0 Å². The third kappa shape index (κ3) is 3.91. The zero-order valence-electron chi connectivity index (χ0n) is 10.7. The lowest BCUT2D eigenvalue weighted by Gasteiger charge is -2.08. The van der Waals surface area contributed by atoms with Gasteiger partial charge >= 0.3 is 0 Å². The highest BCUT2D eigenvalue weighted by Crippen LogP contribution is 2.17. The summed E-state index contributed by atoms with van der Waals surface area (Å²) in [6, 6.07) is 7.92. The maximum Gasteiger partial charge on any atom is 0.251 e. The molecule has 0 aliphatic rings. The highest BCUT2D eigenvalue weighted by molar-refractivity contribution is 6.03. The number of hydrogen-bond donors (Lipinski definition) is 1. The zero-order valence-corrected chi connectivity index (χ0v) is 10.7. The SMILES string of the molecule is C=C/C=C(\C)C(=O)Nc1ccc(C(C)C)cc1. The lowest BCUT2D eigenvalue weighted by atomic mass is 10.0. The molecule has 0 aliphatic carbocycles. The first-order valence-electron chi connectivity index (χ1n) is 5.75. The zero-order chi connectivity index (χ0) is 12.8. The fourth-order valence-electron chi connectivity index (χ4n) is 1.43. The average Bonchev–Trinajstić information content (AvgIpc) is 2.30. The van der Waals surface area contributed by atoms with Gasteiger partial charge in [-0.1, -0.05) is 44.7 Å². The number of benzene rings is 1. The fourth-order valence-corrected chi connectivity index (χ4v) is 1.43. The third-order valence-electron chi connectivity index (χ3n) is 2.56. The predicted octanol–water partition coefficient (Wildman–Crippen LogP) is 3.88. The monoisotopic (exact) mass is 229 g/mol. The van der Waals surface area contributed by atoms with Gasteiger partial charge in [-0.15, -0.1) is 0 Å². The van der Waals surface area contributed by atoms with Crippen molar-refractivity contribution in [2.75, 3.05) is 5.32 Å². The molecule has 90 valence electrons. The molecule has 1 aromatic carbocycles. The van der Waals surface area contributed by atoms with Crippen molar-refractivity contribution >= 4 is 11.6 Å². The number of amides is 1. The fraction of sp³-hybridized carbons (Fsp3) is 0.267. The summed E-state index contributed by atoms with van der Waals surface area (Å²) in [6.07, 6.45) is 3.30. The Balaban J connectivity index is 2.73. The van der Waals surface area contributed by atoms with Crippen LogP contribution in [0.5, 0.6) is 0 Å². The summed E-state index contributed by atoms with van der Waals surface area (Å²) >= 11 is 0. The number of hydrogen-bond acceptors (Lipinski definition) is 1. The van der Waals surface area contributed by atoms with Crippen molar-refractivity contribution in [3.8, 4) is 0 Å². The molecular weight excluding hydrogens is 210 g/mol. The number of allylic oxidation sites excluding steroid dienone is 2. The highest BCUT2D eigenvalue weighted by atomic mass is 16.1. The Morgan fingerprint density at radius 1 is 1.29 bits per heavy atom. The van der Waals surface area contributed by atoms with Gasteiger partial charge in [0.2, 0.25) is 0 Å². The maximum absolute atomic E-state index is 11.7. The van der Waals surface area contributed by atoms with Gasteiger partial charge in [0.05, 0.1) is 0 Å². The van der Waals surface area contributed by atoms with Gasteiger partial charge in [-0.2, -0.15) is 0 Å². The molecular formula is C15H19NO. The molecule has 0 aromatic heterocycles. The van der Waals surface area contributed by atoms with Crippen molar-refractivity contribution in [3.63, 3.8) is 0 Å². The number of carbonyl (C=O) groups is 1. The summed E-state index contributed by atoms with van der Waals surface area (Å²) in [5.74, 6) is 0.407. The molecule has 1 rings (SSSR count). The quantitative estimate of drug-likeness (QED) is 0.616. The lowest BCUT2D eigenvalue weighted by Crippen LogP contribution is -2.12. The van der Waals surface area contributed by atoms with Crippen LogP contribution in [0.4, 0.5) is 5.69 Å². The molecule has 17 heavy (non-hydrogen) atoms. The summed E-state index contributed by atoms with van der Waals surface area (Å²) in [4.78, 5) is 11.7. The smallest absolute Gasteiger partial charge is 0.251 e. The van der Waals surface area contributed by atoms with Gasteiger partial charge in [-0.25, -0.2) is 0 Å². The standard InChI is InChI=1S/C15H19NO/c1-5-6-12(4)15(17)16-14-9-7-13(8-10-14)11(2)3/h5-11H,1H2,2-4H3,(H,16,17)/b12-6+. The van der Waals surface area contributed by atoms with E-state index in [1.807, 2.05) is 24.3 Å². The minimum absolute atomic E-state index is 0.0952. The van der Waals surface area contributed by atoms with Crippen LogP contribution in [-0.2, 0) is 4.79 Å². The Bertz CT molecular complexity index is 427. The summed E-state index contributed by atoms with van der Waals surface area (Å²) in [6.45, 7) is 9.61. The van der Waals surface area contributed by atoms with Gasteiger partial charge in [-0.3, -0.25) is 4.79 Å². The van der Waals surface area contributed by atoms with Gasteiger partial charge in [-0.05, 0) is 30.5 Å². The molecule has 0 aliphatic heterocycles. The van der Waals surface area contributed by atoms with Crippen molar-refractivity contribution in [1.82, 2.24) is 0 Å². The third-order valence-corrected chi connectivity index (χ3v) is 2.56. The minimum Gasteiger partial charge on any atom is -0.322 e. The Labute approximate surface area is 103 Å². The van der Waals surface area contributed by atoms with Crippen LogP contribution in [0.15, 0.2) is 48.6 Å². The molecule has 0 unspecified atom stereocenters. The second-order valence-corrected chi connectivity index (χ2v) is 4.32. The Morgan fingerprint density at radius 2 is 1.88 bits per heavy atom. The molecule has 0 bridgehead atoms. The first kappa shape index (κ1) is 13.2. The molecule has 1 amide bonds. The van der Waals surface area contributed by atoms with Crippen molar-refractivity contribution in [2.45, 2.75) is 26.7 Å². The second-order valence-electron chi connectivity index (χ2n) is 4.32. The van der Waals surface area contributed by atoms with E-state index in [-0.39, 0.29) is 5.91 Å². The van der Waals surface area contributed by atoms with Crippen molar-refractivity contribution in [2.24, 2.45) is 0 Å². The van der Waals surface area contributed by atoms with E-state index in [1.54, 1.807) is 19.1 Å². The molecule has 2 heteroatoms. The van der Waals surface area contributed by atoms with E-state index in [4.69, 9.17) is 0 Å². The largest absolute Gasteiger partial charge is 0.322 e. The van der Waals surface area contributed by atoms with Crippen LogP contribution in [0, 0.1) is 0 Å². The van der Waals surface area contributed by atoms with E-state index in [1.165, 1.54) is 5.56 Å². The topological polar surface area (TPSA) is 29.1 Å². The van der Waals surface area contributed by atoms with E-state index in [0.29, 0.717) is 11.5 Å². The Hall–Kier alpha value is -1.83. The second kappa shape index (κ2) is 6.04. The minimum atomic E-state index is -0.0952. The molecule has 1 N–H and O–H groups in total. The first-order valence-corrected chi connectivity index (χ1v) is 5.75. The van der Waals surface area contributed by atoms with Crippen molar-refractivity contribution < 1.29 is 4.79 Å². The van der Waals surface area contributed by atoms with Gasteiger partial charge in [0, 0.05) is 11.3 Å². The molecule has 0 fully saturated rings. The number of nitrogens with one attached hydrogen (secondary N) is 1. The van der Waals surface area contributed by atoms with E-state index in [9.17, 15) is 4.79 Å². The van der Waals surface area contributed by atoms with Crippen LogP contribution >= 0.6 is 0 Å². The van der Waals surface area contributed by atoms with Crippen molar-refractivity contribution in [3.05, 3.63) is 54.1 Å². The molecule has 0 atom stereocenters. The molecule has 2 nitrogen and oxygen atoms in total. The molecule has 0 spiro atoms. The lowest BCUT2D eigenvalue weighted by molar-refractivity contribution is -0.112. The normalized spacial score (nSPS) is 11.4. The van der Waals surface area contributed by atoms with Crippen LogP contribution in [0.3, 0.4) is 0 Å². The maximum atomic E-state index is 11.7. The van der Waals surface area contributed by atoms with E-state index in [2.05, 4.69) is 25.7 Å². The van der Waals surface area contributed by atoms with Crippen LogP contribution < -0.4 is 5.32 Å². The average molecular weight is 229 g/mol. The van der Waals surface area contributed by atoms with E-state index >= 15 is 0 Å². The predicted molar refractivity (Wildman–Crippen MR) is 73.1 cm³/mol. The summed E-state index contributed by atoms with van der Waals surface area (Å²) in [5.41, 5.74) is 2.73. The van der Waals surface area contributed by atoms with E-state index < -0.39 is 0 Å². The number of anilines is 1. The summed E-state index contributed by atoms with van der Waals surface area (Å²) in [5, 5.41) is 2.84. The van der Waals surface area contributed by atoms with Crippen molar-refractivity contribution in [1.29, 1.82) is 0 Å². The molecule has 1 aromatic rings. The number of rotatable bonds is 4. The van der Waals surface area contributed by atoms with Crippen LogP contribution in [0.2, 0.25) is 0 Å². The number of carbonyl (C=O) groups excluding carboxylic acids is 1. The molecule has 0 saturated carbocycles. The van der Waals surface area contributed by atoms with Crippen LogP contribution in [0.25, 0.3) is 0 Å². The summed E-state index contributed by atoms with van der Waals surface area (Å²) < 4.78 is 0. The Morgan fingerprint density at radius 3 is 2.35 bits per heavy atom. The molecule has 0 radical (unpaired) electrons. The molecule has 0 saturated heterocycles. The summed E-state index contributed by atoms with van der Waals surface area (Å²) in [7, 11) is 0. The molecule has 0 heterocycles. The van der Waals surface area contributed by atoms with Gasteiger partial charge in [0.15, 0.2) is 0 Å². The first-order chi connectivity index (χ1) is 8.04. The highest BCUT2D eigenvalue weighted by Gasteiger charge is 2.04. The Kier molecular flexibility index (Phi) is 4.70. The van der Waals surface area contributed by atoms with Gasteiger partial charge < -0.3 is 5.32 Å².